The minimum atomic E-state index is -1.26. The molecule has 0 bridgehead atoms. The number of carboxylic acid groups (broad SMARTS) is 1. The van der Waals surface area contributed by atoms with Crippen LogP contribution in [0.15, 0.2) is 0 Å². The van der Waals surface area contributed by atoms with Gasteiger partial charge in [0.05, 0.1) is 6.42 Å². The Morgan fingerprint density at radius 2 is 2.00 bits per heavy atom. The maximum atomic E-state index is 11.3. The number of hydrogen-bond donors (Lipinski definition) is 4. The molecular weight excluding hydrogens is 214 g/mol. The smallest absolute Gasteiger partial charge is 0.326 e. The molecular formula is C9H17N3O4. The number of hydrogen-bond acceptors (Lipinski definition) is 4. The number of nitrogens with one attached hydrogen (secondary N) is 2. The average molecular weight is 231 g/mol. The van der Waals surface area contributed by atoms with E-state index >= 15 is 0 Å². The summed E-state index contributed by atoms with van der Waals surface area (Å²) >= 11 is 0. The van der Waals surface area contributed by atoms with Crippen LogP contribution in [0.4, 0.5) is 0 Å². The van der Waals surface area contributed by atoms with Crippen LogP contribution in [0.25, 0.3) is 0 Å². The molecule has 0 unspecified atom stereocenters. The normalized spacial score (nSPS) is 11.8. The molecule has 0 aliphatic heterocycles. The van der Waals surface area contributed by atoms with Crippen molar-refractivity contribution in [2.24, 2.45) is 5.73 Å². The summed E-state index contributed by atoms with van der Waals surface area (Å²) in [4.78, 5) is 32.5. The van der Waals surface area contributed by atoms with Crippen LogP contribution in [-0.4, -0.2) is 42.5 Å². The summed E-state index contributed by atoms with van der Waals surface area (Å²) in [7, 11) is 1.76. The Balaban J connectivity index is 4.03. The van der Waals surface area contributed by atoms with E-state index in [1.807, 2.05) is 0 Å². The van der Waals surface area contributed by atoms with E-state index in [0.717, 1.165) is 0 Å². The molecule has 0 aromatic heterocycles. The zero-order valence-electron chi connectivity index (χ0n) is 9.16. The van der Waals surface area contributed by atoms with Crippen molar-refractivity contribution >= 4 is 17.8 Å². The summed E-state index contributed by atoms with van der Waals surface area (Å²) in [5, 5.41) is 13.8. The lowest BCUT2D eigenvalue weighted by molar-refractivity contribution is -0.143. The van der Waals surface area contributed by atoms with E-state index in [4.69, 9.17) is 10.8 Å². The van der Waals surface area contributed by atoms with E-state index in [1.54, 1.807) is 7.05 Å². The number of carboxylic acids is 1. The number of carbonyl (C=O) groups excluding carboxylic acids is 2. The van der Waals surface area contributed by atoms with E-state index in [-0.39, 0.29) is 6.42 Å². The van der Waals surface area contributed by atoms with Crippen LogP contribution in [0.5, 0.6) is 0 Å². The van der Waals surface area contributed by atoms with Crippen LogP contribution in [0.3, 0.4) is 0 Å². The maximum Gasteiger partial charge on any atom is 0.326 e. The van der Waals surface area contributed by atoms with Gasteiger partial charge in [0.25, 0.3) is 0 Å². The van der Waals surface area contributed by atoms with Gasteiger partial charge >= 0.3 is 5.97 Å². The Hall–Kier alpha value is -1.63. The van der Waals surface area contributed by atoms with Crippen LogP contribution in [-0.2, 0) is 14.4 Å². The van der Waals surface area contributed by atoms with Gasteiger partial charge in [0, 0.05) is 6.42 Å². The molecule has 0 radical (unpaired) electrons. The molecule has 0 aromatic rings. The molecule has 7 nitrogen and oxygen atoms in total. The zero-order chi connectivity index (χ0) is 12.6. The van der Waals surface area contributed by atoms with E-state index < -0.39 is 30.2 Å². The third-order valence-electron chi connectivity index (χ3n) is 1.87. The molecule has 0 spiro atoms. The number of carbonyl (C=O) groups is 3. The first-order valence-corrected chi connectivity index (χ1v) is 4.92. The van der Waals surface area contributed by atoms with Crippen molar-refractivity contribution in [2.45, 2.75) is 25.3 Å². The van der Waals surface area contributed by atoms with Gasteiger partial charge in [-0.3, -0.25) is 9.59 Å². The highest BCUT2D eigenvalue weighted by Crippen LogP contribution is 1.94. The third-order valence-corrected chi connectivity index (χ3v) is 1.87. The predicted octanol–water partition coefficient (Wildman–Crippen LogP) is -1.57. The van der Waals surface area contributed by atoms with Crippen molar-refractivity contribution in [1.82, 2.24) is 10.6 Å². The van der Waals surface area contributed by atoms with Crippen molar-refractivity contribution in [3.63, 3.8) is 0 Å². The van der Waals surface area contributed by atoms with Crippen molar-refractivity contribution in [3.05, 3.63) is 0 Å². The van der Waals surface area contributed by atoms with Crippen molar-refractivity contribution in [2.75, 3.05) is 13.6 Å². The highest BCUT2D eigenvalue weighted by molar-refractivity contribution is 5.88. The number of nitrogens with two attached hydrogens (primary N) is 1. The molecule has 0 rings (SSSR count). The summed E-state index contributed by atoms with van der Waals surface area (Å²) < 4.78 is 0. The largest absolute Gasteiger partial charge is 0.480 e. The molecule has 0 aliphatic rings. The van der Waals surface area contributed by atoms with Gasteiger partial charge in [0.2, 0.25) is 11.8 Å². The fourth-order valence-electron chi connectivity index (χ4n) is 1.09. The Labute approximate surface area is 93.4 Å². The molecule has 0 fully saturated rings. The van der Waals surface area contributed by atoms with Crippen LogP contribution >= 0.6 is 0 Å². The number of rotatable bonds is 8. The van der Waals surface area contributed by atoms with Gasteiger partial charge in [-0.25, -0.2) is 4.79 Å². The van der Waals surface area contributed by atoms with E-state index in [1.165, 1.54) is 0 Å². The van der Waals surface area contributed by atoms with Crippen molar-refractivity contribution in [1.29, 1.82) is 0 Å². The summed E-state index contributed by atoms with van der Waals surface area (Å²) in [5.41, 5.74) is 4.86. The number of primary amides is 1. The molecule has 5 N–H and O–H groups in total. The number of aliphatic carboxylic acids is 1. The van der Waals surface area contributed by atoms with E-state index in [2.05, 4.69) is 10.6 Å². The van der Waals surface area contributed by atoms with Gasteiger partial charge in [-0.2, -0.15) is 0 Å². The number of amides is 2. The van der Waals surface area contributed by atoms with Gasteiger partial charge < -0.3 is 21.5 Å². The summed E-state index contributed by atoms with van der Waals surface area (Å²) in [6.45, 7) is 0.668. The third kappa shape index (κ3) is 6.77. The lowest BCUT2D eigenvalue weighted by Crippen LogP contribution is -2.43. The van der Waals surface area contributed by atoms with E-state index in [9.17, 15) is 14.4 Å². The fraction of sp³-hybridized carbons (Fsp3) is 0.667. The molecule has 92 valence electrons. The highest BCUT2D eigenvalue weighted by atomic mass is 16.4. The highest BCUT2D eigenvalue weighted by Gasteiger charge is 2.21. The zero-order valence-corrected chi connectivity index (χ0v) is 9.16. The first-order valence-electron chi connectivity index (χ1n) is 4.92. The topological polar surface area (TPSA) is 122 Å². The second kappa shape index (κ2) is 7.63. The Bertz CT molecular complexity index is 267. The monoisotopic (exact) mass is 231 g/mol. The van der Waals surface area contributed by atoms with Gasteiger partial charge in [-0.05, 0) is 20.0 Å². The molecule has 7 heteroatoms. The second-order valence-corrected chi connectivity index (χ2v) is 3.34. The molecule has 1 atom stereocenters. The minimum Gasteiger partial charge on any atom is -0.480 e. The molecule has 0 aliphatic carbocycles. The minimum absolute atomic E-state index is 0.212. The van der Waals surface area contributed by atoms with Crippen LogP contribution in [0.2, 0.25) is 0 Å². The SMILES string of the molecule is CNCCCC(=O)N[C@H](CC(N)=O)C(=O)O. The predicted molar refractivity (Wildman–Crippen MR) is 56.5 cm³/mol. The summed E-state index contributed by atoms with van der Waals surface area (Å²) in [5.74, 6) is -2.42. The van der Waals surface area contributed by atoms with Crippen LogP contribution in [0.1, 0.15) is 19.3 Å². The lowest BCUT2D eigenvalue weighted by atomic mass is 10.2. The van der Waals surface area contributed by atoms with Gasteiger partial charge in [0.15, 0.2) is 0 Å². The fourth-order valence-corrected chi connectivity index (χ4v) is 1.09. The van der Waals surface area contributed by atoms with Crippen molar-refractivity contribution in [3.8, 4) is 0 Å². The Morgan fingerprint density at radius 3 is 2.44 bits per heavy atom. The summed E-state index contributed by atoms with van der Waals surface area (Å²) in [6, 6.07) is -1.24. The van der Waals surface area contributed by atoms with E-state index in [0.29, 0.717) is 13.0 Å². The molecule has 0 aromatic carbocycles. The first kappa shape index (κ1) is 14.4. The van der Waals surface area contributed by atoms with Gasteiger partial charge in [-0.1, -0.05) is 0 Å². The Morgan fingerprint density at radius 1 is 1.38 bits per heavy atom. The second-order valence-electron chi connectivity index (χ2n) is 3.34. The summed E-state index contributed by atoms with van der Waals surface area (Å²) in [6.07, 6.45) is 0.418. The first-order chi connectivity index (χ1) is 7.47. The van der Waals surface area contributed by atoms with Gasteiger partial charge in [0.1, 0.15) is 6.04 Å². The quantitative estimate of drug-likeness (QED) is 0.376. The average Bonchev–Trinajstić information content (AvgIpc) is 2.16. The molecule has 0 saturated carbocycles. The lowest BCUT2D eigenvalue weighted by Gasteiger charge is -2.12. The maximum absolute atomic E-state index is 11.3. The standard InChI is InChI=1S/C9H17N3O4/c1-11-4-2-3-8(14)12-6(9(15)16)5-7(10)13/h6,11H,2-5H2,1H3,(H2,10,13)(H,12,14)(H,15,16)/t6-/m1/s1. The van der Waals surface area contributed by atoms with Crippen LogP contribution in [0, 0.1) is 0 Å². The molecule has 0 heterocycles. The van der Waals surface area contributed by atoms with Crippen molar-refractivity contribution < 1.29 is 19.5 Å². The molecule has 0 saturated heterocycles. The van der Waals surface area contributed by atoms with Crippen LogP contribution < -0.4 is 16.4 Å². The molecule has 2 amide bonds. The Kier molecular flexibility index (Phi) is 6.86. The van der Waals surface area contributed by atoms with Gasteiger partial charge in [-0.15, -0.1) is 0 Å². The molecule has 16 heavy (non-hydrogen) atoms.